The number of halogens is 6. The highest BCUT2D eigenvalue weighted by Gasteiger charge is 2.31. The molecule has 128 valence electrons. The minimum Gasteiger partial charge on any atom is -0.435 e. The van der Waals surface area contributed by atoms with Crippen molar-refractivity contribution in [3.63, 3.8) is 0 Å². The fraction of sp³-hybridized carbons (Fsp3) is 0.143. The van der Waals surface area contributed by atoms with Crippen LogP contribution >= 0.6 is 11.6 Å². The van der Waals surface area contributed by atoms with E-state index in [0.29, 0.717) is 11.8 Å². The zero-order valence-corrected chi connectivity index (χ0v) is 12.4. The van der Waals surface area contributed by atoms with E-state index in [9.17, 15) is 22.0 Å². The van der Waals surface area contributed by atoms with Gasteiger partial charge in [0.05, 0.1) is 16.8 Å². The second-order valence-electron chi connectivity index (χ2n) is 4.37. The number of rotatable bonds is 5. The SMILES string of the molecule is FC(F)Oc1ccc(/C=N\Nc2ncc(C(F)(F)F)cc2Cl)cc1. The third kappa shape index (κ3) is 5.05. The summed E-state index contributed by atoms with van der Waals surface area (Å²) in [6.45, 7) is -2.92. The number of ether oxygens (including phenoxy) is 1. The molecule has 1 N–H and O–H groups in total. The molecule has 1 heterocycles. The van der Waals surface area contributed by atoms with E-state index in [1.807, 2.05) is 0 Å². The molecule has 0 aliphatic carbocycles. The number of nitrogens with one attached hydrogen (secondary N) is 1. The van der Waals surface area contributed by atoms with Gasteiger partial charge >= 0.3 is 12.8 Å². The number of hydrazone groups is 1. The molecule has 0 aliphatic heterocycles. The van der Waals surface area contributed by atoms with E-state index in [2.05, 4.69) is 20.2 Å². The van der Waals surface area contributed by atoms with Crippen LogP contribution in [0.15, 0.2) is 41.6 Å². The number of anilines is 1. The van der Waals surface area contributed by atoms with E-state index >= 15 is 0 Å². The first-order valence-corrected chi connectivity index (χ1v) is 6.70. The van der Waals surface area contributed by atoms with E-state index in [0.717, 1.165) is 6.07 Å². The van der Waals surface area contributed by atoms with Gasteiger partial charge in [-0.2, -0.15) is 27.1 Å². The fourth-order valence-electron chi connectivity index (χ4n) is 1.58. The predicted molar refractivity (Wildman–Crippen MR) is 78.5 cm³/mol. The summed E-state index contributed by atoms with van der Waals surface area (Å²) in [6, 6.07) is 6.28. The number of benzene rings is 1. The number of hydrogen-bond donors (Lipinski definition) is 1. The number of hydrogen-bond acceptors (Lipinski definition) is 4. The standard InChI is InChI=1S/C14H9ClF5N3O/c15-11-5-9(14(18,19)20)7-21-12(11)23-22-6-8-1-3-10(4-2-8)24-13(16)17/h1-7,13H,(H,21,23)/b22-6-. The van der Waals surface area contributed by atoms with E-state index < -0.39 is 18.4 Å². The number of nitrogens with zero attached hydrogens (tertiary/aromatic N) is 2. The third-order valence-corrected chi connectivity index (χ3v) is 2.95. The third-order valence-electron chi connectivity index (χ3n) is 2.66. The van der Waals surface area contributed by atoms with Crippen LogP contribution in [-0.2, 0) is 6.18 Å². The highest BCUT2D eigenvalue weighted by molar-refractivity contribution is 6.32. The smallest absolute Gasteiger partial charge is 0.417 e. The van der Waals surface area contributed by atoms with Gasteiger partial charge in [-0.25, -0.2) is 4.98 Å². The van der Waals surface area contributed by atoms with Crippen molar-refractivity contribution in [2.24, 2.45) is 5.10 Å². The van der Waals surface area contributed by atoms with Crippen LogP contribution < -0.4 is 10.2 Å². The molecule has 0 saturated carbocycles. The van der Waals surface area contributed by atoms with Crippen molar-refractivity contribution < 1.29 is 26.7 Å². The Morgan fingerprint density at radius 2 is 1.88 bits per heavy atom. The molecule has 0 radical (unpaired) electrons. The molecule has 1 aromatic heterocycles. The highest BCUT2D eigenvalue weighted by atomic mass is 35.5. The van der Waals surface area contributed by atoms with Gasteiger partial charge in [0.15, 0.2) is 5.82 Å². The summed E-state index contributed by atoms with van der Waals surface area (Å²) >= 11 is 5.70. The van der Waals surface area contributed by atoms with Gasteiger partial charge in [0.2, 0.25) is 0 Å². The summed E-state index contributed by atoms with van der Waals surface area (Å²) in [5, 5.41) is 3.52. The molecule has 0 aliphatic rings. The summed E-state index contributed by atoms with van der Waals surface area (Å²) < 4.78 is 65.6. The topological polar surface area (TPSA) is 46.5 Å². The lowest BCUT2D eigenvalue weighted by atomic mass is 10.2. The molecule has 0 spiro atoms. The molecule has 24 heavy (non-hydrogen) atoms. The highest BCUT2D eigenvalue weighted by Crippen LogP contribution is 2.32. The monoisotopic (exact) mass is 365 g/mol. The number of aromatic nitrogens is 1. The Hall–Kier alpha value is -2.42. The summed E-state index contributed by atoms with van der Waals surface area (Å²) in [5.74, 6) is -0.0684. The van der Waals surface area contributed by atoms with Gasteiger partial charge in [0, 0.05) is 6.20 Å². The fourth-order valence-corrected chi connectivity index (χ4v) is 1.79. The normalized spacial score (nSPS) is 12.0. The molecule has 0 amide bonds. The molecular weight excluding hydrogens is 357 g/mol. The first-order chi connectivity index (χ1) is 11.3. The van der Waals surface area contributed by atoms with Crippen LogP contribution in [0.5, 0.6) is 5.75 Å². The molecule has 2 aromatic rings. The lowest BCUT2D eigenvalue weighted by molar-refractivity contribution is -0.137. The van der Waals surface area contributed by atoms with Crippen LogP contribution in [0.2, 0.25) is 5.02 Å². The second kappa shape index (κ2) is 7.43. The van der Waals surface area contributed by atoms with Crippen molar-refractivity contribution >= 4 is 23.6 Å². The summed E-state index contributed by atoms with van der Waals surface area (Å²) in [4.78, 5) is 3.54. The van der Waals surface area contributed by atoms with Crippen molar-refractivity contribution in [2.45, 2.75) is 12.8 Å². The molecule has 0 saturated heterocycles. The average molecular weight is 366 g/mol. The summed E-state index contributed by atoms with van der Waals surface area (Å²) in [5.41, 5.74) is 1.95. The Morgan fingerprint density at radius 1 is 1.21 bits per heavy atom. The Bertz CT molecular complexity index is 719. The van der Waals surface area contributed by atoms with Crippen molar-refractivity contribution in [2.75, 3.05) is 5.43 Å². The lowest BCUT2D eigenvalue weighted by Crippen LogP contribution is -2.06. The molecule has 0 atom stereocenters. The second-order valence-corrected chi connectivity index (χ2v) is 4.78. The Morgan fingerprint density at radius 3 is 2.42 bits per heavy atom. The molecular formula is C14H9ClF5N3O. The van der Waals surface area contributed by atoms with Gasteiger partial charge in [-0.15, -0.1) is 0 Å². The molecule has 0 unspecified atom stereocenters. The van der Waals surface area contributed by atoms with Gasteiger partial charge in [-0.05, 0) is 35.9 Å². The molecule has 4 nitrogen and oxygen atoms in total. The van der Waals surface area contributed by atoms with Crippen LogP contribution in [-0.4, -0.2) is 17.8 Å². The maximum absolute atomic E-state index is 12.5. The van der Waals surface area contributed by atoms with Crippen LogP contribution in [0.3, 0.4) is 0 Å². The van der Waals surface area contributed by atoms with Gasteiger partial charge in [-0.3, -0.25) is 5.43 Å². The van der Waals surface area contributed by atoms with Crippen molar-refractivity contribution in [1.82, 2.24) is 4.98 Å². The summed E-state index contributed by atoms with van der Waals surface area (Å²) in [6.07, 6.45) is -2.61. The average Bonchev–Trinajstić information content (AvgIpc) is 2.49. The largest absolute Gasteiger partial charge is 0.435 e. The Balaban J connectivity index is 2.01. The molecule has 10 heteroatoms. The molecule has 0 bridgehead atoms. The molecule has 2 rings (SSSR count). The van der Waals surface area contributed by atoms with E-state index in [-0.39, 0.29) is 16.6 Å². The van der Waals surface area contributed by atoms with Crippen molar-refractivity contribution in [1.29, 1.82) is 0 Å². The minimum atomic E-state index is -4.54. The van der Waals surface area contributed by atoms with Gasteiger partial charge in [0.1, 0.15) is 5.75 Å². The van der Waals surface area contributed by atoms with E-state index in [1.54, 1.807) is 0 Å². The first-order valence-electron chi connectivity index (χ1n) is 6.32. The number of alkyl halides is 5. The van der Waals surface area contributed by atoms with Crippen LogP contribution in [0.25, 0.3) is 0 Å². The number of pyridine rings is 1. The minimum absolute atomic E-state index is 0.0115. The maximum Gasteiger partial charge on any atom is 0.417 e. The van der Waals surface area contributed by atoms with Crippen LogP contribution in [0, 0.1) is 0 Å². The molecule has 1 aromatic carbocycles. The van der Waals surface area contributed by atoms with Crippen LogP contribution in [0.1, 0.15) is 11.1 Å². The summed E-state index contributed by atoms with van der Waals surface area (Å²) in [7, 11) is 0. The first kappa shape index (κ1) is 17.9. The zero-order chi connectivity index (χ0) is 17.7. The lowest BCUT2D eigenvalue weighted by Gasteiger charge is -2.08. The van der Waals surface area contributed by atoms with E-state index in [4.69, 9.17) is 11.6 Å². The molecule has 0 fully saturated rings. The van der Waals surface area contributed by atoms with Gasteiger partial charge < -0.3 is 4.74 Å². The van der Waals surface area contributed by atoms with Crippen molar-refractivity contribution in [3.05, 3.63) is 52.7 Å². The zero-order valence-electron chi connectivity index (χ0n) is 11.7. The quantitative estimate of drug-likeness (QED) is 0.470. The Labute approximate surface area is 137 Å². The van der Waals surface area contributed by atoms with E-state index in [1.165, 1.54) is 30.5 Å². The van der Waals surface area contributed by atoms with Gasteiger partial charge in [-0.1, -0.05) is 11.6 Å². The maximum atomic E-state index is 12.5. The predicted octanol–water partition coefficient (Wildman–Crippen LogP) is 4.80. The van der Waals surface area contributed by atoms with Crippen molar-refractivity contribution in [3.8, 4) is 5.75 Å². The van der Waals surface area contributed by atoms with Gasteiger partial charge in [0.25, 0.3) is 0 Å². The van der Waals surface area contributed by atoms with Crippen LogP contribution in [0.4, 0.5) is 27.8 Å². The Kier molecular flexibility index (Phi) is 5.55.